The summed E-state index contributed by atoms with van der Waals surface area (Å²) < 4.78 is 11.9. The molecule has 2 unspecified atom stereocenters. The van der Waals surface area contributed by atoms with Gasteiger partial charge in [-0.15, -0.1) is 0 Å². The number of benzene rings is 2. The number of fused-ring (bicyclic) bond motifs is 2. The maximum atomic E-state index is 12.4. The summed E-state index contributed by atoms with van der Waals surface area (Å²) in [6, 6.07) is 18.9. The quantitative estimate of drug-likeness (QED) is 0.569. The molecule has 4 rings (SSSR count). The van der Waals surface area contributed by atoms with E-state index >= 15 is 0 Å². The van der Waals surface area contributed by atoms with Crippen LogP contribution in [-0.2, 0) is 27.4 Å². The molecule has 1 amide bonds. The molecular formula is C26H29N5O3. The van der Waals surface area contributed by atoms with Gasteiger partial charge in [-0.2, -0.15) is 10.5 Å². The number of nitrogens with one attached hydrogen (secondary N) is 1. The van der Waals surface area contributed by atoms with Gasteiger partial charge < -0.3 is 14.8 Å². The van der Waals surface area contributed by atoms with E-state index < -0.39 is 0 Å². The second-order valence-electron chi connectivity index (χ2n) is 8.78. The molecule has 2 fully saturated rings. The summed E-state index contributed by atoms with van der Waals surface area (Å²) in [5.74, 6) is -0.00241. The fourth-order valence-electron chi connectivity index (χ4n) is 4.39. The first kappa shape index (κ1) is 23.9. The van der Waals surface area contributed by atoms with Gasteiger partial charge in [-0.25, -0.2) is 0 Å². The van der Waals surface area contributed by atoms with Crippen molar-refractivity contribution >= 4 is 5.91 Å². The van der Waals surface area contributed by atoms with Crippen LogP contribution in [0.25, 0.3) is 0 Å². The summed E-state index contributed by atoms with van der Waals surface area (Å²) in [5.41, 5.74) is 3.30. The molecule has 2 heterocycles. The highest BCUT2D eigenvalue weighted by molar-refractivity contribution is 5.78. The highest BCUT2D eigenvalue weighted by Gasteiger charge is 2.35. The molecule has 8 heteroatoms. The van der Waals surface area contributed by atoms with Gasteiger partial charge in [0.1, 0.15) is 0 Å². The predicted molar refractivity (Wildman–Crippen MR) is 125 cm³/mol. The van der Waals surface area contributed by atoms with Gasteiger partial charge in [0.15, 0.2) is 0 Å². The zero-order valence-corrected chi connectivity index (χ0v) is 19.2. The monoisotopic (exact) mass is 459 g/mol. The lowest BCUT2D eigenvalue weighted by atomic mass is 10.1. The Bertz CT molecular complexity index is 1030. The van der Waals surface area contributed by atoms with Gasteiger partial charge >= 0.3 is 0 Å². The zero-order valence-electron chi connectivity index (χ0n) is 19.2. The van der Waals surface area contributed by atoms with E-state index in [-0.39, 0.29) is 18.1 Å². The van der Waals surface area contributed by atoms with E-state index in [1.807, 2.05) is 24.3 Å². The number of morpholine rings is 2. The first-order valence-corrected chi connectivity index (χ1v) is 11.5. The fourth-order valence-corrected chi connectivity index (χ4v) is 4.39. The lowest BCUT2D eigenvalue weighted by Gasteiger charge is -2.45. The van der Waals surface area contributed by atoms with Crippen molar-refractivity contribution in [1.82, 2.24) is 15.1 Å². The van der Waals surface area contributed by atoms with Gasteiger partial charge in [0.25, 0.3) is 0 Å². The molecule has 0 spiro atoms. The normalized spacial score (nSPS) is 20.3. The van der Waals surface area contributed by atoms with Gasteiger partial charge in [0.05, 0.1) is 55.2 Å². The predicted octanol–water partition coefficient (Wildman–Crippen LogP) is 1.65. The van der Waals surface area contributed by atoms with Gasteiger partial charge in [0, 0.05) is 39.3 Å². The van der Waals surface area contributed by atoms with Crippen LogP contribution in [0.5, 0.6) is 0 Å². The Labute approximate surface area is 200 Å². The second-order valence-corrected chi connectivity index (χ2v) is 8.78. The van der Waals surface area contributed by atoms with Crippen molar-refractivity contribution in [3.63, 3.8) is 0 Å². The Morgan fingerprint density at radius 2 is 1.47 bits per heavy atom. The smallest absolute Gasteiger partial charge is 0.234 e. The highest BCUT2D eigenvalue weighted by atomic mass is 16.5. The van der Waals surface area contributed by atoms with Crippen molar-refractivity contribution in [1.29, 1.82) is 10.5 Å². The highest BCUT2D eigenvalue weighted by Crippen LogP contribution is 2.19. The third-order valence-electron chi connectivity index (χ3n) is 6.08. The molecule has 1 N–H and O–H groups in total. The van der Waals surface area contributed by atoms with Gasteiger partial charge in [-0.3, -0.25) is 14.6 Å². The number of hydrogen-bond acceptors (Lipinski definition) is 7. The van der Waals surface area contributed by atoms with Crippen LogP contribution in [0.2, 0.25) is 0 Å². The maximum Gasteiger partial charge on any atom is 0.234 e. The van der Waals surface area contributed by atoms with Gasteiger partial charge in [-0.1, -0.05) is 24.3 Å². The standard InChI is InChI=1S/C26H29N5O3/c27-11-20-1-5-22(6-2-20)13-29-26(32)18-31-16-24-14-30(15-25(17-31)34-24)9-10-33-19-23-7-3-21(12-28)4-8-23/h1-8,24-25H,9-10,13-19H2,(H,29,32). The molecule has 0 saturated carbocycles. The Kier molecular flexibility index (Phi) is 8.24. The van der Waals surface area contributed by atoms with Crippen LogP contribution >= 0.6 is 0 Å². The summed E-state index contributed by atoms with van der Waals surface area (Å²) in [6.45, 7) is 5.98. The molecule has 176 valence electrons. The lowest BCUT2D eigenvalue weighted by Crippen LogP contribution is -2.60. The van der Waals surface area contributed by atoms with Gasteiger partial charge in [-0.05, 0) is 35.4 Å². The molecule has 8 nitrogen and oxygen atoms in total. The molecule has 34 heavy (non-hydrogen) atoms. The fraction of sp³-hybridized carbons (Fsp3) is 0.423. The Hall–Kier alpha value is -3.27. The molecule has 2 bridgehead atoms. The summed E-state index contributed by atoms with van der Waals surface area (Å²) in [7, 11) is 0. The molecule has 0 aliphatic carbocycles. The number of hydrogen-bond donors (Lipinski definition) is 1. The number of ether oxygens (including phenoxy) is 2. The van der Waals surface area contributed by atoms with Gasteiger partial charge in [0.2, 0.25) is 5.91 Å². The van der Waals surface area contributed by atoms with Crippen molar-refractivity contribution in [3.05, 3.63) is 70.8 Å². The number of nitriles is 2. The first-order chi connectivity index (χ1) is 16.6. The SMILES string of the molecule is N#Cc1ccc(CNC(=O)CN2CC3CN(CCOCc4ccc(C#N)cc4)CC(C2)O3)cc1. The molecule has 0 aromatic heterocycles. The summed E-state index contributed by atoms with van der Waals surface area (Å²) in [6.07, 6.45) is 0.190. The molecule has 2 aliphatic heterocycles. The summed E-state index contributed by atoms with van der Waals surface area (Å²) >= 11 is 0. The minimum Gasteiger partial charge on any atom is -0.375 e. The molecule has 2 aliphatic rings. The minimum absolute atomic E-state index is 0.00241. The zero-order chi connectivity index (χ0) is 23.8. The minimum atomic E-state index is -0.00241. The third kappa shape index (κ3) is 6.86. The van der Waals surface area contributed by atoms with Crippen LogP contribution in [0, 0.1) is 22.7 Å². The first-order valence-electron chi connectivity index (χ1n) is 11.5. The van der Waals surface area contributed by atoms with Crippen molar-refractivity contribution in [2.24, 2.45) is 0 Å². The second kappa shape index (κ2) is 11.7. The Morgan fingerprint density at radius 3 is 2.06 bits per heavy atom. The number of amides is 1. The maximum absolute atomic E-state index is 12.4. The summed E-state index contributed by atoms with van der Waals surface area (Å²) in [4.78, 5) is 17.0. The molecule has 2 saturated heterocycles. The molecule has 0 radical (unpaired) electrons. The number of carbonyl (C=O) groups excluding carboxylic acids is 1. The van der Waals surface area contributed by atoms with Crippen LogP contribution < -0.4 is 5.32 Å². The van der Waals surface area contributed by atoms with Crippen LogP contribution in [-0.4, -0.2) is 73.8 Å². The van der Waals surface area contributed by atoms with E-state index in [2.05, 4.69) is 27.3 Å². The van der Waals surface area contributed by atoms with Crippen LogP contribution in [0.3, 0.4) is 0 Å². The lowest BCUT2D eigenvalue weighted by molar-refractivity contribution is -0.146. The third-order valence-corrected chi connectivity index (χ3v) is 6.08. The number of rotatable bonds is 9. The largest absolute Gasteiger partial charge is 0.375 e. The molecule has 2 aromatic rings. The topological polar surface area (TPSA) is 102 Å². The van der Waals surface area contributed by atoms with E-state index in [1.165, 1.54) is 0 Å². The van der Waals surface area contributed by atoms with Crippen LogP contribution in [0.4, 0.5) is 0 Å². The average molecular weight is 460 g/mol. The van der Waals surface area contributed by atoms with Crippen molar-refractivity contribution in [2.45, 2.75) is 25.4 Å². The average Bonchev–Trinajstić information content (AvgIpc) is 2.85. The van der Waals surface area contributed by atoms with E-state index in [4.69, 9.17) is 20.0 Å². The van der Waals surface area contributed by atoms with Crippen molar-refractivity contribution in [2.75, 3.05) is 45.9 Å². The van der Waals surface area contributed by atoms with Crippen LogP contribution in [0.1, 0.15) is 22.3 Å². The number of nitrogens with zero attached hydrogens (tertiary/aromatic N) is 4. The van der Waals surface area contributed by atoms with Crippen LogP contribution in [0.15, 0.2) is 48.5 Å². The molecular weight excluding hydrogens is 430 g/mol. The van der Waals surface area contributed by atoms with E-state index in [0.29, 0.717) is 37.4 Å². The molecule has 2 aromatic carbocycles. The Balaban J connectivity index is 1.14. The summed E-state index contributed by atoms with van der Waals surface area (Å²) in [5, 5.41) is 20.7. The van der Waals surface area contributed by atoms with Crippen molar-refractivity contribution in [3.8, 4) is 12.1 Å². The Morgan fingerprint density at radius 1 is 0.912 bits per heavy atom. The van der Waals surface area contributed by atoms with E-state index in [9.17, 15) is 4.79 Å². The van der Waals surface area contributed by atoms with E-state index in [1.54, 1.807) is 24.3 Å². The van der Waals surface area contributed by atoms with Crippen molar-refractivity contribution < 1.29 is 14.3 Å². The number of carbonyl (C=O) groups is 1. The van der Waals surface area contributed by atoms with E-state index in [0.717, 1.165) is 43.9 Å². The molecule has 2 atom stereocenters.